The fourth-order valence-corrected chi connectivity index (χ4v) is 2.68. The highest BCUT2D eigenvalue weighted by Gasteiger charge is 2.15. The van der Waals surface area contributed by atoms with Gasteiger partial charge in [-0.3, -0.25) is 4.79 Å². The summed E-state index contributed by atoms with van der Waals surface area (Å²) in [6.45, 7) is 7.85. The molecule has 23 heavy (non-hydrogen) atoms. The fourth-order valence-electron chi connectivity index (χ4n) is 2.68. The Morgan fingerprint density at radius 1 is 1.13 bits per heavy atom. The molecule has 2 aromatic rings. The molecule has 0 saturated heterocycles. The Labute approximate surface area is 137 Å². The van der Waals surface area contributed by atoms with Crippen molar-refractivity contribution in [2.75, 3.05) is 10.6 Å². The van der Waals surface area contributed by atoms with E-state index in [1.807, 2.05) is 52.0 Å². The van der Waals surface area contributed by atoms with E-state index < -0.39 is 0 Å². The summed E-state index contributed by atoms with van der Waals surface area (Å²) >= 11 is 0. The normalized spacial score (nSPS) is 11.9. The second-order valence-corrected chi connectivity index (χ2v) is 5.99. The molecule has 0 heterocycles. The Hall–Kier alpha value is -2.33. The van der Waals surface area contributed by atoms with Gasteiger partial charge in [0, 0.05) is 11.4 Å². The van der Waals surface area contributed by atoms with E-state index in [-0.39, 0.29) is 18.6 Å². The number of benzene rings is 2. The van der Waals surface area contributed by atoms with Crippen molar-refractivity contribution in [2.45, 2.75) is 40.3 Å². The third-order valence-electron chi connectivity index (χ3n) is 3.81. The zero-order valence-corrected chi connectivity index (χ0v) is 14.1. The van der Waals surface area contributed by atoms with Crippen molar-refractivity contribution in [1.82, 2.24) is 0 Å². The average molecular weight is 312 g/mol. The maximum atomic E-state index is 12.4. The minimum Gasteiger partial charge on any atom is -0.392 e. The molecule has 0 radical (unpaired) electrons. The lowest BCUT2D eigenvalue weighted by Crippen LogP contribution is -2.32. The molecular weight excluding hydrogens is 288 g/mol. The molecule has 0 aromatic heterocycles. The van der Waals surface area contributed by atoms with E-state index >= 15 is 0 Å². The summed E-state index contributed by atoms with van der Waals surface area (Å²) in [5.41, 5.74) is 5.81. The van der Waals surface area contributed by atoms with Gasteiger partial charge < -0.3 is 15.7 Å². The molecule has 1 amide bonds. The summed E-state index contributed by atoms with van der Waals surface area (Å²) in [6.07, 6.45) is 0. The van der Waals surface area contributed by atoms with Crippen LogP contribution in [0.4, 0.5) is 11.4 Å². The van der Waals surface area contributed by atoms with E-state index in [0.717, 1.165) is 28.1 Å². The van der Waals surface area contributed by atoms with Crippen LogP contribution in [-0.4, -0.2) is 17.1 Å². The molecule has 1 atom stereocenters. The molecule has 4 nitrogen and oxygen atoms in total. The minimum absolute atomic E-state index is 0.0160. The van der Waals surface area contributed by atoms with Gasteiger partial charge in [-0.05, 0) is 56.5 Å². The number of anilines is 2. The second-order valence-electron chi connectivity index (χ2n) is 5.99. The van der Waals surface area contributed by atoms with E-state index in [4.69, 9.17) is 0 Å². The van der Waals surface area contributed by atoms with Crippen LogP contribution in [0.25, 0.3) is 0 Å². The smallest absolute Gasteiger partial charge is 0.246 e. The van der Waals surface area contributed by atoms with Crippen molar-refractivity contribution in [1.29, 1.82) is 0 Å². The van der Waals surface area contributed by atoms with Gasteiger partial charge in [-0.1, -0.05) is 29.8 Å². The third-order valence-corrected chi connectivity index (χ3v) is 3.81. The minimum atomic E-state index is -0.385. The molecule has 3 N–H and O–H groups in total. The van der Waals surface area contributed by atoms with E-state index in [0.29, 0.717) is 0 Å². The average Bonchev–Trinajstić information content (AvgIpc) is 2.50. The first-order valence-electron chi connectivity index (χ1n) is 7.75. The Balaban J connectivity index is 2.08. The van der Waals surface area contributed by atoms with Crippen molar-refractivity contribution in [3.8, 4) is 0 Å². The van der Waals surface area contributed by atoms with E-state index in [1.54, 1.807) is 0 Å². The predicted octanol–water partition coefficient (Wildman–Crippen LogP) is 3.54. The molecular formula is C19H24N2O2. The molecule has 0 spiro atoms. The van der Waals surface area contributed by atoms with E-state index in [1.165, 1.54) is 5.56 Å². The summed E-state index contributed by atoms with van der Waals surface area (Å²) in [5.74, 6) is -0.0885. The van der Waals surface area contributed by atoms with E-state index in [2.05, 4.69) is 22.8 Å². The van der Waals surface area contributed by atoms with Crippen LogP contribution < -0.4 is 10.6 Å². The van der Waals surface area contributed by atoms with Crippen LogP contribution in [0.1, 0.15) is 29.2 Å². The monoisotopic (exact) mass is 312 g/mol. The highest BCUT2D eigenvalue weighted by Crippen LogP contribution is 2.22. The zero-order chi connectivity index (χ0) is 17.0. The largest absolute Gasteiger partial charge is 0.392 e. The van der Waals surface area contributed by atoms with Gasteiger partial charge in [0.1, 0.15) is 6.04 Å². The maximum absolute atomic E-state index is 12.4. The molecule has 4 heteroatoms. The number of hydrogen-bond donors (Lipinski definition) is 3. The fraction of sp³-hybridized carbons (Fsp3) is 0.316. The van der Waals surface area contributed by atoms with Crippen molar-refractivity contribution >= 4 is 17.3 Å². The number of carbonyl (C=O) groups is 1. The van der Waals surface area contributed by atoms with Gasteiger partial charge in [-0.25, -0.2) is 0 Å². The second kappa shape index (κ2) is 7.29. The lowest BCUT2D eigenvalue weighted by atomic mass is 10.0. The highest BCUT2D eigenvalue weighted by atomic mass is 16.3. The topological polar surface area (TPSA) is 61.4 Å². The van der Waals surface area contributed by atoms with Crippen LogP contribution >= 0.6 is 0 Å². The number of rotatable bonds is 5. The highest BCUT2D eigenvalue weighted by molar-refractivity contribution is 5.97. The standard InChI is InChI=1S/C19H24N2O2/c1-12-8-13(2)18(14(3)9-12)21-19(23)15(4)20-17-7-5-6-16(10-17)11-22/h5-10,15,20,22H,11H2,1-4H3,(H,21,23). The van der Waals surface area contributed by atoms with Gasteiger partial charge in [-0.2, -0.15) is 0 Å². The molecule has 0 aliphatic carbocycles. The Morgan fingerprint density at radius 3 is 2.39 bits per heavy atom. The van der Waals surface area contributed by atoms with Crippen LogP contribution in [0, 0.1) is 20.8 Å². The molecule has 0 aliphatic rings. The summed E-state index contributed by atoms with van der Waals surface area (Å²) in [7, 11) is 0. The number of hydrogen-bond acceptors (Lipinski definition) is 3. The Morgan fingerprint density at radius 2 is 1.78 bits per heavy atom. The van der Waals surface area contributed by atoms with Crippen molar-refractivity contribution in [3.05, 3.63) is 58.7 Å². The maximum Gasteiger partial charge on any atom is 0.246 e. The number of amides is 1. The lowest BCUT2D eigenvalue weighted by Gasteiger charge is -2.18. The van der Waals surface area contributed by atoms with Crippen LogP contribution in [0.5, 0.6) is 0 Å². The molecule has 2 rings (SSSR count). The summed E-state index contributed by atoms with van der Waals surface area (Å²) in [4.78, 5) is 12.4. The first-order chi connectivity index (χ1) is 10.9. The summed E-state index contributed by atoms with van der Waals surface area (Å²) in [6, 6.07) is 11.2. The molecule has 0 bridgehead atoms. The van der Waals surface area contributed by atoms with Crippen LogP contribution in [0.15, 0.2) is 36.4 Å². The zero-order valence-electron chi connectivity index (χ0n) is 14.1. The Kier molecular flexibility index (Phi) is 5.40. The number of nitrogens with one attached hydrogen (secondary N) is 2. The first-order valence-corrected chi connectivity index (χ1v) is 7.75. The SMILES string of the molecule is Cc1cc(C)c(NC(=O)C(C)Nc2cccc(CO)c2)c(C)c1. The number of aryl methyl sites for hydroxylation is 3. The molecule has 0 fully saturated rings. The summed E-state index contributed by atoms with van der Waals surface area (Å²) < 4.78 is 0. The third kappa shape index (κ3) is 4.33. The van der Waals surface area contributed by atoms with Gasteiger partial charge in [0.2, 0.25) is 5.91 Å². The number of carbonyl (C=O) groups excluding carboxylic acids is 1. The predicted molar refractivity (Wildman–Crippen MR) is 94.7 cm³/mol. The number of aliphatic hydroxyl groups is 1. The van der Waals surface area contributed by atoms with Crippen molar-refractivity contribution < 1.29 is 9.90 Å². The van der Waals surface area contributed by atoms with E-state index in [9.17, 15) is 9.90 Å². The van der Waals surface area contributed by atoms with Gasteiger partial charge >= 0.3 is 0 Å². The Bertz CT molecular complexity index is 687. The lowest BCUT2D eigenvalue weighted by molar-refractivity contribution is -0.116. The molecule has 0 saturated carbocycles. The van der Waals surface area contributed by atoms with Crippen molar-refractivity contribution in [3.63, 3.8) is 0 Å². The van der Waals surface area contributed by atoms with Gasteiger partial charge in [0.05, 0.1) is 6.61 Å². The number of aliphatic hydroxyl groups excluding tert-OH is 1. The molecule has 2 aromatic carbocycles. The molecule has 1 unspecified atom stereocenters. The first kappa shape index (κ1) is 17.0. The van der Waals surface area contributed by atoms with Gasteiger partial charge in [0.25, 0.3) is 0 Å². The molecule has 122 valence electrons. The van der Waals surface area contributed by atoms with Crippen LogP contribution in [0.2, 0.25) is 0 Å². The van der Waals surface area contributed by atoms with Crippen molar-refractivity contribution in [2.24, 2.45) is 0 Å². The van der Waals surface area contributed by atoms with Crippen LogP contribution in [0.3, 0.4) is 0 Å². The summed E-state index contributed by atoms with van der Waals surface area (Å²) in [5, 5.41) is 15.3. The molecule has 0 aliphatic heterocycles. The van der Waals surface area contributed by atoms with Gasteiger partial charge in [0.15, 0.2) is 0 Å². The van der Waals surface area contributed by atoms with Crippen LogP contribution in [-0.2, 0) is 11.4 Å². The quantitative estimate of drug-likeness (QED) is 0.791. The van der Waals surface area contributed by atoms with Gasteiger partial charge in [-0.15, -0.1) is 0 Å².